The Labute approximate surface area is 167 Å². The van der Waals surface area contributed by atoms with Crippen LogP contribution >= 0.6 is 11.8 Å². The molecule has 6 nitrogen and oxygen atoms in total. The van der Waals surface area contributed by atoms with E-state index in [1.54, 1.807) is 4.90 Å². The lowest BCUT2D eigenvalue weighted by Crippen LogP contribution is -2.49. The van der Waals surface area contributed by atoms with Crippen molar-refractivity contribution in [2.24, 2.45) is 0 Å². The quantitative estimate of drug-likeness (QED) is 0.727. The first-order valence-corrected chi connectivity index (χ1v) is 13.1. The molecule has 2 amide bonds. The maximum atomic E-state index is 12.3. The van der Waals surface area contributed by atoms with Crippen LogP contribution in [0.2, 0.25) is 18.1 Å². The Kier molecular flexibility index (Phi) is 6.86. The van der Waals surface area contributed by atoms with Crippen molar-refractivity contribution in [2.75, 3.05) is 26.2 Å². The number of hydrogen-bond donors (Lipinski definition) is 1. The van der Waals surface area contributed by atoms with Gasteiger partial charge in [-0.15, -0.1) is 0 Å². The van der Waals surface area contributed by atoms with Crippen molar-refractivity contribution in [1.29, 1.82) is 0 Å². The number of carboxylic acid groups (broad SMARTS) is 1. The number of thioether (sulfide) groups is 1. The van der Waals surface area contributed by atoms with Gasteiger partial charge in [0, 0.05) is 31.9 Å². The van der Waals surface area contributed by atoms with Gasteiger partial charge in [0.1, 0.15) is 5.75 Å². The Bertz CT molecular complexity index is 665. The van der Waals surface area contributed by atoms with E-state index in [1.807, 2.05) is 24.3 Å². The van der Waals surface area contributed by atoms with Crippen LogP contribution in [0.1, 0.15) is 26.3 Å². The predicted octanol–water partition coefficient (Wildman–Crippen LogP) is 4.72. The van der Waals surface area contributed by atoms with E-state index in [0.717, 1.165) is 11.3 Å². The highest BCUT2D eigenvalue weighted by molar-refractivity contribution is 8.12. The van der Waals surface area contributed by atoms with Gasteiger partial charge in [0.25, 0.3) is 5.24 Å². The largest absolute Gasteiger partial charge is 0.544 e. The van der Waals surface area contributed by atoms with Gasteiger partial charge in [-0.3, -0.25) is 4.79 Å². The van der Waals surface area contributed by atoms with Gasteiger partial charge in [-0.05, 0) is 35.8 Å². The Morgan fingerprint density at radius 1 is 1.07 bits per heavy atom. The highest BCUT2D eigenvalue weighted by Crippen LogP contribution is 2.37. The van der Waals surface area contributed by atoms with Gasteiger partial charge in [-0.1, -0.05) is 44.7 Å². The van der Waals surface area contributed by atoms with E-state index in [-0.39, 0.29) is 10.3 Å². The van der Waals surface area contributed by atoms with Crippen molar-refractivity contribution in [1.82, 2.24) is 9.80 Å². The van der Waals surface area contributed by atoms with Gasteiger partial charge in [0.2, 0.25) is 8.32 Å². The van der Waals surface area contributed by atoms with Crippen LogP contribution in [0.3, 0.4) is 0 Å². The van der Waals surface area contributed by atoms with Crippen LogP contribution in [0.25, 0.3) is 0 Å². The number of nitrogens with zero attached hydrogens (tertiary/aromatic N) is 2. The SMILES string of the molecule is CC(C)(C)[Si](C)(C)Oc1ccc(CSC(=O)N2CCN(C(=O)O)CC2)cc1. The molecule has 0 aliphatic carbocycles. The fraction of sp³-hybridized carbons (Fsp3) is 0.579. The average molecular weight is 411 g/mol. The minimum Gasteiger partial charge on any atom is -0.544 e. The second-order valence-corrected chi connectivity index (χ2v) is 14.0. The number of carbonyl (C=O) groups is 2. The Balaban J connectivity index is 1.83. The Morgan fingerprint density at radius 2 is 1.59 bits per heavy atom. The summed E-state index contributed by atoms with van der Waals surface area (Å²) in [4.78, 5) is 26.3. The molecule has 2 rings (SSSR count). The van der Waals surface area contributed by atoms with Crippen molar-refractivity contribution in [3.8, 4) is 5.75 Å². The molecule has 150 valence electrons. The molecule has 27 heavy (non-hydrogen) atoms. The van der Waals surface area contributed by atoms with Gasteiger partial charge < -0.3 is 19.3 Å². The molecule has 1 aliphatic rings. The van der Waals surface area contributed by atoms with E-state index in [0.29, 0.717) is 31.9 Å². The smallest absolute Gasteiger partial charge is 0.407 e. The first-order chi connectivity index (χ1) is 12.5. The molecule has 0 atom stereocenters. The molecule has 0 radical (unpaired) electrons. The lowest BCUT2D eigenvalue weighted by molar-refractivity contribution is 0.117. The number of piperazine rings is 1. The fourth-order valence-electron chi connectivity index (χ4n) is 2.42. The third kappa shape index (κ3) is 5.90. The summed E-state index contributed by atoms with van der Waals surface area (Å²) < 4.78 is 6.28. The van der Waals surface area contributed by atoms with Gasteiger partial charge in [0.15, 0.2) is 0 Å². The van der Waals surface area contributed by atoms with Crippen LogP contribution in [0, 0.1) is 0 Å². The molecule has 1 aliphatic heterocycles. The van der Waals surface area contributed by atoms with Crippen LogP contribution in [0.4, 0.5) is 9.59 Å². The molecular weight excluding hydrogens is 380 g/mol. The minimum atomic E-state index is -1.85. The molecule has 1 saturated heterocycles. The normalized spacial score (nSPS) is 15.6. The van der Waals surface area contributed by atoms with Crippen molar-refractivity contribution in [3.63, 3.8) is 0 Å². The molecule has 0 saturated carbocycles. The van der Waals surface area contributed by atoms with Crippen molar-refractivity contribution in [2.45, 2.75) is 44.7 Å². The second-order valence-electron chi connectivity index (χ2n) is 8.32. The van der Waals surface area contributed by atoms with E-state index in [9.17, 15) is 9.59 Å². The van der Waals surface area contributed by atoms with Gasteiger partial charge in [-0.2, -0.15) is 0 Å². The van der Waals surface area contributed by atoms with E-state index in [1.165, 1.54) is 16.7 Å². The standard InChI is InChI=1S/C19H30N2O4SSi/c1-19(2,3)27(4,5)25-16-8-6-15(7-9-16)14-26-18(24)21-12-10-20(11-13-21)17(22)23/h6-9H,10-14H2,1-5H3,(H,22,23). The maximum Gasteiger partial charge on any atom is 0.407 e. The summed E-state index contributed by atoms with van der Waals surface area (Å²) in [5, 5.41) is 9.11. The zero-order chi connectivity index (χ0) is 20.2. The molecule has 8 heteroatoms. The molecule has 1 aromatic carbocycles. The summed E-state index contributed by atoms with van der Waals surface area (Å²) in [5.41, 5.74) is 1.07. The van der Waals surface area contributed by atoms with E-state index in [2.05, 4.69) is 33.9 Å². The first kappa shape index (κ1) is 21.6. The fourth-order valence-corrected chi connectivity index (χ4v) is 4.30. The van der Waals surface area contributed by atoms with Gasteiger partial charge in [-0.25, -0.2) is 4.79 Å². The molecule has 0 aromatic heterocycles. The van der Waals surface area contributed by atoms with Gasteiger partial charge in [0.05, 0.1) is 0 Å². The summed E-state index contributed by atoms with van der Waals surface area (Å²) in [7, 11) is -1.85. The molecular formula is C19H30N2O4SSi. The zero-order valence-electron chi connectivity index (χ0n) is 16.8. The van der Waals surface area contributed by atoms with E-state index >= 15 is 0 Å². The Morgan fingerprint density at radius 3 is 2.07 bits per heavy atom. The number of amides is 2. The average Bonchev–Trinajstić information content (AvgIpc) is 2.59. The lowest BCUT2D eigenvalue weighted by atomic mass is 10.2. The number of benzene rings is 1. The van der Waals surface area contributed by atoms with Gasteiger partial charge >= 0.3 is 6.09 Å². The minimum absolute atomic E-state index is 0.00152. The molecule has 0 spiro atoms. The number of rotatable bonds is 4. The Hall–Kier alpha value is -1.67. The van der Waals surface area contributed by atoms with E-state index < -0.39 is 14.4 Å². The first-order valence-electron chi connectivity index (χ1n) is 9.17. The van der Waals surface area contributed by atoms with Crippen LogP contribution in [0.5, 0.6) is 5.75 Å². The topological polar surface area (TPSA) is 70.1 Å². The predicted molar refractivity (Wildman–Crippen MR) is 112 cm³/mol. The molecule has 1 aromatic rings. The molecule has 1 fully saturated rings. The highest BCUT2D eigenvalue weighted by Gasteiger charge is 2.38. The number of hydrogen-bond acceptors (Lipinski definition) is 4. The highest BCUT2D eigenvalue weighted by atomic mass is 32.2. The van der Waals surface area contributed by atoms with E-state index in [4.69, 9.17) is 9.53 Å². The summed E-state index contributed by atoms with van der Waals surface area (Å²) in [6.07, 6.45) is -0.922. The summed E-state index contributed by atoms with van der Waals surface area (Å²) in [5.74, 6) is 1.48. The van der Waals surface area contributed by atoms with Crippen LogP contribution in [-0.2, 0) is 5.75 Å². The second kappa shape index (κ2) is 8.56. The number of carbonyl (C=O) groups excluding carboxylic acids is 1. The molecule has 0 unspecified atom stereocenters. The third-order valence-corrected chi connectivity index (χ3v) is 10.6. The molecule has 1 heterocycles. The molecule has 1 N–H and O–H groups in total. The van der Waals surface area contributed by atoms with Crippen molar-refractivity contribution < 1.29 is 19.1 Å². The van der Waals surface area contributed by atoms with Crippen molar-refractivity contribution >= 4 is 31.4 Å². The summed E-state index contributed by atoms with van der Waals surface area (Å²) in [6, 6.07) is 7.97. The van der Waals surface area contributed by atoms with Crippen LogP contribution in [-0.4, -0.2) is 60.7 Å². The third-order valence-electron chi connectivity index (χ3n) is 5.27. The molecule has 0 bridgehead atoms. The zero-order valence-corrected chi connectivity index (χ0v) is 18.6. The van der Waals surface area contributed by atoms with Crippen LogP contribution in [0.15, 0.2) is 24.3 Å². The monoisotopic (exact) mass is 410 g/mol. The van der Waals surface area contributed by atoms with Crippen LogP contribution < -0.4 is 4.43 Å². The summed E-state index contributed by atoms with van der Waals surface area (Å²) in [6.45, 7) is 12.8. The summed E-state index contributed by atoms with van der Waals surface area (Å²) >= 11 is 1.26. The maximum absolute atomic E-state index is 12.3. The van der Waals surface area contributed by atoms with Crippen molar-refractivity contribution in [3.05, 3.63) is 29.8 Å². The lowest BCUT2D eigenvalue weighted by Gasteiger charge is -2.36.